The first-order valence-electron chi connectivity index (χ1n) is 5.46. The van der Waals surface area contributed by atoms with Gasteiger partial charge in [0.05, 0.1) is 0 Å². The highest BCUT2D eigenvalue weighted by molar-refractivity contribution is 9.10. The topological polar surface area (TPSA) is 40.6 Å². The Morgan fingerprint density at radius 2 is 1.94 bits per heavy atom. The third kappa shape index (κ3) is 2.69. The molecule has 0 aliphatic carbocycles. The Morgan fingerprint density at radius 3 is 2.61 bits per heavy atom. The zero-order valence-electron chi connectivity index (χ0n) is 9.82. The van der Waals surface area contributed by atoms with Crippen LogP contribution in [0.5, 0.6) is 0 Å². The molecule has 0 saturated carbocycles. The zero-order chi connectivity index (χ0) is 13.3. The van der Waals surface area contributed by atoms with Gasteiger partial charge in [-0.15, -0.1) is 0 Å². The molecular weight excluding hydrogens is 303 g/mol. The van der Waals surface area contributed by atoms with Crippen LogP contribution in [0, 0.1) is 5.82 Å². The molecule has 0 aromatic heterocycles. The van der Waals surface area contributed by atoms with Crippen LogP contribution in [-0.4, -0.2) is 41.8 Å². The number of hydrogen-bond acceptors (Lipinski definition) is 2. The minimum atomic E-state index is -0.538. The summed E-state index contributed by atoms with van der Waals surface area (Å²) in [6, 6.07) is 4.44. The summed E-state index contributed by atoms with van der Waals surface area (Å²) in [7, 11) is 1.59. The van der Waals surface area contributed by atoms with Gasteiger partial charge in [-0.2, -0.15) is 0 Å². The van der Waals surface area contributed by atoms with Crippen molar-refractivity contribution < 1.29 is 14.0 Å². The van der Waals surface area contributed by atoms with Crippen molar-refractivity contribution in [2.75, 3.05) is 20.1 Å². The zero-order valence-corrected chi connectivity index (χ0v) is 11.4. The second-order valence-corrected chi connectivity index (χ2v) is 5.15. The average molecular weight is 315 g/mol. The molecule has 1 aliphatic rings. The van der Waals surface area contributed by atoms with Crippen LogP contribution in [0.1, 0.15) is 5.56 Å². The fraction of sp³-hybridized carbons (Fsp3) is 0.333. The van der Waals surface area contributed by atoms with Gasteiger partial charge in [0, 0.05) is 31.2 Å². The number of carbonyl (C=O) groups is 2. The van der Waals surface area contributed by atoms with Gasteiger partial charge in [-0.3, -0.25) is 9.59 Å². The lowest BCUT2D eigenvalue weighted by Gasteiger charge is -2.31. The lowest BCUT2D eigenvalue weighted by molar-refractivity contribution is -0.155. The first-order valence-corrected chi connectivity index (χ1v) is 6.26. The van der Waals surface area contributed by atoms with Crippen LogP contribution in [0.2, 0.25) is 0 Å². The molecule has 6 heteroatoms. The minimum Gasteiger partial charge on any atom is -0.336 e. The van der Waals surface area contributed by atoms with E-state index in [2.05, 4.69) is 15.9 Å². The van der Waals surface area contributed by atoms with E-state index in [1.165, 1.54) is 21.9 Å². The molecule has 1 fully saturated rings. The Kier molecular flexibility index (Phi) is 3.65. The van der Waals surface area contributed by atoms with Crippen LogP contribution in [0.4, 0.5) is 4.39 Å². The van der Waals surface area contributed by atoms with E-state index in [-0.39, 0.29) is 12.4 Å². The van der Waals surface area contributed by atoms with E-state index < -0.39 is 11.8 Å². The maximum absolute atomic E-state index is 13.2. The number of carbonyl (C=O) groups excluding carboxylic acids is 2. The van der Waals surface area contributed by atoms with Crippen molar-refractivity contribution in [3.05, 3.63) is 34.1 Å². The summed E-state index contributed by atoms with van der Waals surface area (Å²) in [4.78, 5) is 26.1. The summed E-state index contributed by atoms with van der Waals surface area (Å²) in [5.74, 6) is -1.42. The highest BCUT2D eigenvalue weighted by Gasteiger charge is 2.30. The Labute approximate surface area is 112 Å². The van der Waals surface area contributed by atoms with Gasteiger partial charge >= 0.3 is 11.8 Å². The summed E-state index contributed by atoms with van der Waals surface area (Å²) < 4.78 is 13.8. The summed E-state index contributed by atoms with van der Waals surface area (Å²) in [5, 5.41) is 0. The summed E-state index contributed by atoms with van der Waals surface area (Å²) >= 11 is 3.20. The molecule has 1 saturated heterocycles. The number of benzene rings is 1. The molecule has 2 amide bonds. The minimum absolute atomic E-state index is 0.245. The number of amides is 2. The molecule has 1 aromatic rings. The maximum atomic E-state index is 13.2. The molecule has 0 spiro atoms. The molecule has 0 N–H and O–H groups in total. The molecule has 0 atom stereocenters. The third-order valence-electron chi connectivity index (χ3n) is 2.82. The highest BCUT2D eigenvalue weighted by Crippen LogP contribution is 2.17. The van der Waals surface area contributed by atoms with E-state index in [0.717, 1.165) is 0 Å². The van der Waals surface area contributed by atoms with Crippen LogP contribution in [0.25, 0.3) is 0 Å². The molecule has 1 aromatic carbocycles. The number of nitrogens with zero attached hydrogens (tertiary/aromatic N) is 2. The predicted molar refractivity (Wildman–Crippen MR) is 67.2 cm³/mol. The number of hydrogen-bond donors (Lipinski definition) is 0. The Hall–Kier alpha value is -1.43. The third-order valence-corrected chi connectivity index (χ3v) is 3.28. The van der Waals surface area contributed by atoms with Crippen LogP contribution >= 0.6 is 15.9 Å². The van der Waals surface area contributed by atoms with Crippen LogP contribution in [0.15, 0.2) is 22.7 Å². The molecule has 1 heterocycles. The van der Waals surface area contributed by atoms with Crippen molar-refractivity contribution >= 4 is 27.7 Å². The van der Waals surface area contributed by atoms with Gasteiger partial charge in [0.1, 0.15) is 5.82 Å². The van der Waals surface area contributed by atoms with Crippen molar-refractivity contribution in [3.63, 3.8) is 0 Å². The molecule has 18 heavy (non-hydrogen) atoms. The maximum Gasteiger partial charge on any atom is 0.312 e. The molecular formula is C12H12BrFN2O2. The Morgan fingerprint density at radius 1 is 1.22 bits per heavy atom. The van der Waals surface area contributed by atoms with Gasteiger partial charge < -0.3 is 9.80 Å². The van der Waals surface area contributed by atoms with Crippen molar-refractivity contribution in [2.24, 2.45) is 0 Å². The second-order valence-electron chi connectivity index (χ2n) is 4.23. The first-order chi connectivity index (χ1) is 8.47. The van der Waals surface area contributed by atoms with Crippen molar-refractivity contribution in [3.8, 4) is 0 Å². The van der Waals surface area contributed by atoms with Crippen molar-refractivity contribution in [1.29, 1.82) is 0 Å². The number of rotatable bonds is 2. The Balaban J connectivity index is 2.14. The van der Waals surface area contributed by atoms with Crippen LogP contribution in [-0.2, 0) is 16.1 Å². The quantitative estimate of drug-likeness (QED) is 0.774. The highest BCUT2D eigenvalue weighted by atomic mass is 79.9. The second kappa shape index (κ2) is 5.06. The van der Waals surface area contributed by atoms with Crippen LogP contribution < -0.4 is 0 Å². The molecule has 0 unspecified atom stereocenters. The van der Waals surface area contributed by atoms with Gasteiger partial charge in [0.2, 0.25) is 0 Å². The monoisotopic (exact) mass is 314 g/mol. The fourth-order valence-corrected chi connectivity index (χ4v) is 2.36. The predicted octanol–water partition coefficient (Wildman–Crippen LogP) is 1.39. The number of likely N-dealkylation sites (N-methyl/N-ethyl adjacent to an activating group) is 1. The van der Waals surface area contributed by atoms with Gasteiger partial charge in [-0.25, -0.2) is 4.39 Å². The van der Waals surface area contributed by atoms with E-state index in [0.29, 0.717) is 23.1 Å². The normalized spacial score (nSPS) is 16.4. The van der Waals surface area contributed by atoms with E-state index >= 15 is 0 Å². The molecule has 4 nitrogen and oxygen atoms in total. The number of halogens is 2. The van der Waals surface area contributed by atoms with Crippen LogP contribution in [0.3, 0.4) is 0 Å². The average Bonchev–Trinajstić information content (AvgIpc) is 2.29. The van der Waals surface area contributed by atoms with E-state index in [4.69, 9.17) is 0 Å². The van der Waals surface area contributed by atoms with E-state index in [1.54, 1.807) is 13.1 Å². The molecule has 0 bridgehead atoms. The fourth-order valence-electron chi connectivity index (χ4n) is 1.85. The van der Waals surface area contributed by atoms with Crippen molar-refractivity contribution in [1.82, 2.24) is 9.80 Å². The smallest absolute Gasteiger partial charge is 0.312 e. The molecule has 1 aliphatic heterocycles. The lowest BCUT2D eigenvalue weighted by Crippen LogP contribution is -2.52. The summed E-state index contributed by atoms with van der Waals surface area (Å²) in [5.41, 5.74) is 0.660. The van der Waals surface area contributed by atoms with Gasteiger partial charge in [0.25, 0.3) is 0 Å². The van der Waals surface area contributed by atoms with Crippen molar-refractivity contribution in [2.45, 2.75) is 6.54 Å². The molecule has 96 valence electrons. The number of piperazine rings is 1. The van der Waals surface area contributed by atoms with Gasteiger partial charge in [0.15, 0.2) is 0 Å². The first kappa shape index (κ1) is 13.0. The molecule has 2 rings (SSSR count). The summed E-state index contributed by atoms with van der Waals surface area (Å²) in [6.07, 6.45) is 0. The lowest BCUT2D eigenvalue weighted by atomic mass is 10.2. The SMILES string of the molecule is CN1CCN(Cc2cc(F)cc(Br)c2)C(=O)C1=O. The largest absolute Gasteiger partial charge is 0.336 e. The van der Waals surface area contributed by atoms with Gasteiger partial charge in [-0.1, -0.05) is 15.9 Å². The van der Waals surface area contributed by atoms with Gasteiger partial charge in [-0.05, 0) is 23.8 Å². The van der Waals surface area contributed by atoms with E-state index in [9.17, 15) is 14.0 Å². The van der Waals surface area contributed by atoms with E-state index in [1.807, 2.05) is 0 Å². The molecule has 0 radical (unpaired) electrons. The summed E-state index contributed by atoms with van der Waals surface area (Å²) in [6.45, 7) is 1.21. The standard InChI is InChI=1S/C12H12BrFN2O2/c1-15-2-3-16(12(18)11(15)17)7-8-4-9(13)6-10(14)5-8/h4-6H,2-3,7H2,1H3. The Bertz CT molecular complexity index is 487.